The summed E-state index contributed by atoms with van der Waals surface area (Å²) in [5, 5.41) is 0. The SMILES string of the molecule is COCCC(C)NS(=O)(=O)c1ccc(OC)c(N)c1. The van der Waals surface area contributed by atoms with Crippen LogP contribution in [0.15, 0.2) is 23.1 Å². The molecule has 7 heteroatoms. The van der Waals surface area contributed by atoms with E-state index in [4.69, 9.17) is 15.2 Å². The van der Waals surface area contributed by atoms with Crippen LogP contribution in [0.1, 0.15) is 13.3 Å². The highest BCUT2D eigenvalue weighted by atomic mass is 32.2. The van der Waals surface area contributed by atoms with Crippen LogP contribution in [0, 0.1) is 0 Å². The van der Waals surface area contributed by atoms with Crippen molar-refractivity contribution in [3.63, 3.8) is 0 Å². The first-order valence-electron chi connectivity index (χ1n) is 5.85. The van der Waals surface area contributed by atoms with Crippen molar-refractivity contribution in [1.82, 2.24) is 4.72 Å². The number of sulfonamides is 1. The smallest absolute Gasteiger partial charge is 0.240 e. The Morgan fingerprint density at radius 1 is 1.37 bits per heavy atom. The van der Waals surface area contributed by atoms with E-state index < -0.39 is 10.0 Å². The molecule has 0 fully saturated rings. The van der Waals surface area contributed by atoms with E-state index in [1.54, 1.807) is 14.0 Å². The van der Waals surface area contributed by atoms with Gasteiger partial charge in [-0.25, -0.2) is 13.1 Å². The highest BCUT2D eigenvalue weighted by molar-refractivity contribution is 7.89. The molecule has 19 heavy (non-hydrogen) atoms. The maximum atomic E-state index is 12.1. The summed E-state index contributed by atoms with van der Waals surface area (Å²) in [7, 11) is -0.527. The number of nitrogens with one attached hydrogen (secondary N) is 1. The Balaban J connectivity index is 2.85. The maximum absolute atomic E-state index is 12.1. The number of anilines is 1. The van der Waals surface area contributed by atoms with Crippen LogP contribution >= 0.6 is 0 Å². The van der Waals surface area contributed by atoms with Gasteiger partial charge in [-0.3, -0.25) is 0 Å². The third kappa shape index (κ3) is 4.38. The standard InChI is InChI=1S/C12H20N2O4S/c1-9(6-7-17-2)14-19(15,16)10-4-5-12(18-3)11(13)8-10/h4-5,8-9,14H,6-7,13H2,1-3H3. The number of rotatable bonds is 7. The fraction of sp³-hybridized carbons (Fsp3) is 0.500. The molecule has 0 spiro atoms. The fourth-order valence-corrected chi connectivity index (χ4v) is 2.88. The Bertz CT molecular complexity index is 516. The van der Waals surface area contributed by atoms with Crippen molar-refractivity contribution in [2.75, 3.05) is 26.6 Å². The molecule has 0 saturated carbocycles. The zero-order valence-electron chi connectivity index (χ0n) is 11.3. The molecule has 0 bridgehead atoms. The Morgan fingerprint density at radius 2 is 2.05 bits per heavy atom. The van der Waals surface area contributed by atoms with Gasteiger partial charge in [-0.2, -0.15) is 0 Å². The van der Waals surface area contributed by atoms with E-state index in [0.717, 1.165) is 0 Å². The molecular formula is C12H20N2O4S. The highest BCUT2D eigenvalue weighted by Gasteiger charge is 2.18. The number of ether oxygens (including phenoxy) is 2. The van der Waals surface area contributed by atoms with Gasteiger partial charge in [0.05, 0.1) is 17.7 Å². The van der Waals surface area contributed by atoms with Gasteiger partial charge in [0.25, 0.3) is 0 Å². The Morgan fingerprint density at radius 3 is 2.58 bits per heavy atom. The van der Waals surface area contributed by atoms with Gasteiger partial charge in [-0.05, 0) is 31.5 Å². The topological polar surface area (TPSA) is 90.6 Å². The quantitative estimate of drug-likeness (QED) is 0.730. The lowest BCUT2D eigenvalue weighted by molar-refractivity contribution is 0.188. The van der Waals surface area contributed by atoms with Crippen molar-refractivity contribution < 1.29 is 17.9 Å². The average molecular weight is 288 g/mol. The molecule has 1 aromatic rings. The van der Waals surface area contributed by atoms with Crippen LogP contribution in [0.2, 0.25) is 0 Å². The van der Waals surface area contributed by atoms with Crippen LogP contribution in [-0.2, 0) is 14.8 Å². The first kappa shape index (κ1) is 15.7. The maximum Gasteiger partial charge on any atom is 0.240 e. The van der Waals surface area contributed by atoms with Crippen molar-refractivity contribution in [1.29, 1.82) is 0 Å². The third-order valence-corrected chi connectivity index (χ3v) is 4.21. The molecule has 0 saturated heterocycles. The van der Waals surface area contributed by atoms with Crippen LogP contribution < -0.4 is 15.2 Å². The van der Waals surface area contributed by atoms with Gasteiger partial charge >= 0.3 is 0 Å². The van der Waals surface area contributed by atoms with E-state index in [1.165, 1.54) is 25.3 Å². The van der Waals surface area contributed by atoms with Crippen molar-refractivity contribution in [3.8, 4) is 5.75 Å². The first-order valence-corrected chi connectivity index (χ1v) is 7.34. The minimum absolute atomic E-state index is 0.120. The van der Waals surface area contributed by atoms with Gasteiger partial charge in [0.2, 0.25) is 10.0 Å². The zero-order chi connectivity index (χ0) is 14.5. The van der Waals surface area contributed by atoms with Crippen molar-refractivity contribution in [2.24, 2.45) is 0 Å². The number of hydrogen-bond acceptors (Lipinski definition) is 5. The predicted molar refractivity (Wildman–Crippen MR) is 73.7 cm³/mol. The molecule has 1 unspecified atom stereocenters. The lowest BCUT2D eigenvalue weighted by Gasteiger charge is -2.14. The van der Waals surface area contributed by atoms with Gasteiger partial charge in [-0.1, -0.05) is 0 Å². The number of nitrogen functional groups attached to an aromatic ring is 1. The van der Waals surface area contributed by atoms with Gasteiger partial charge < -0.3 is 15.2 Å². The molecule has 1 atom stereocenters. The van der Waals surface area contributed by atoms with Crippen LogP contribution in [0.25, 0.3) is 0 Å². The number of hydrogen-bond donors (Lipinski definition) is 2. The number of methoxy groups -OCH3 is 2. The average Bonchev–Trinajstić information content (AvgIpc) is 2.35. The third-order valence-electron chi connectivity index (χ3n) is 2.62. The van der Waals surface area contributed by atoms with E-state index >= 15 is 0 Å². The Kier molecular flexibility index (Phi) is 5.59. The summed E-state index contributed by atoms with van der Waals surface area (Å²) in [6, 6.07) is 4.15. The second-order valence-corrected chi connectivity index (χ2v) is 5.92. The molecule has 0 radical (unpaired) electrons. The molecule has 0 amide bonds. The minimum Gasteiger partial charge on any atom is -0.495 e. The molecule has 0 aliphatic rings. The highest BCUT2D eigenvalue weighted by Crippen LogP contribution is 2.24. The summed E-state index contributed by atoms with van der Waals surface area (Å²) in [5.74, 6) is 0.450. The van der Waals surface area contributed by atoms with E-state index in [0.29, 0.717) is 18.8 Å². The Hall–Kier alpha value is -1.31. The molecule has 0 aromatic heterocycles. The molecule has 108 valence electrons. The van der Waals surface area contributed by atoms with Crippen molar-refractivity contribution in [3.05, 3.63) is 18.2 Å². The lowest BCUT2D eigenvalue weighted by Crippen LogP contribution is -2.33. The van der Waals surface area contributed by atoms with Gasteiger partial charge in [0.15, 0.2) is 0 Å². The zero-order valence-corrected chi connectivity index (χ0v) is 12.2. The van der Waals surface area contributed by atoms with E-state index in [1.807, 2.05) is 0 Å². The summed E-state index contributed by atoms with van der Waals surface area (Å²) in [6.45, 7) is 2.28. The summed E-state index contributed by atoms with van der Waals surface area (Å²) in [5.41, 5.74) is 5.99. The monoisotopic (exact) mass is 288 g/mol. The van der Waals surface area contributed by atoms with Gasteiger partial charge in [-0.15, -0.1) is 0 Å². The van der Waals surface area contributed by atoms with E-state index in [2.05, 4.69) is 4.72 Å². The second-order valence-electron chi connectivity index (χ2n) is 4.21. The van der Waals surface area contributed by atoms with Gasteiger partial charge in [0.1, 0.15) is 5.75 Å². The van der Waals surface area contributed by atoms with Gasteiger partial charge in [0, 0.05) is 19.8 Å². The normalized spacial score (nSPS) is 13.2. The molecule has 0 aliphatic carbocycles. The van der Waals surface area contributed by atoms with Crippen LogP contribution in [0.5, 0.6) is 5.75 Å². The molecule has 1 aromatic carbocycles. The van der Waals surface area contributed by atoms with Crippen molar-refractivity contribution >= 4 is 15.7 Å². The predicted octanol–water partition coefficient (Wildman–Crippen LogP) is 0.981. The summed E-state index contributed by atoms with van der Waals surface area (Å²) >= 11 is 0. The molecule has 1 rings (SSSR count). The first-order chi connectivity index (χ1) is 8.90. The summed E-state index contributed by atoms with van der Waals surface area (Å²) < 4.78 is 36.7. The summed E-state index contributed by atoms with van der Waals surface area (Å²) in [4.78, 5) is 0.120. The Labute approximate surface area is 113 Å². The molecule has 0 heterocycles. The fourth-order valence-electron chi connectivity index (χ4n) is 1.57. The van der Waals surface area contributed by atoms with E-state index in [-0.39, 0.29) is 16.6 Å². The molecular weight excluding hydrogens is 268 g/mol. The van der Waals surface area contributed by atoms with Crippen LogP contribution in [0.4, 0.5) is 5.69 Å². The largest absolute Gasteiger partial charge is 0.495 e. The van der Waals surface area contributed by atoms with Crippen LogP contribution in [-0.4, -0.2) is 35.3 Å². The molecule has 3 N–H and O–H groups in total. The molecule has 6 nitrogen and oxygen atoms in total. The minimum atomic E-state index is -3.58. The lowest BCUT2D eigenvalue weighted by atomic mass is 10.3. The van der Waals surface area contributed by atoms with E-state index in [9.17, 15) is 8.42 Å². The second kappa shape index (κ2) is 6.74. The molecule has 0 aliphatic heterocycles. The summed E-state index contributed by atoms with van der Waals surface area (Å²) in [6.07, 6.45) is 0.599. The van der Waals surface area contributed by atoms with Crippen molar-refractivity contribution in [2.45, 2.75) is 24.3 Å². The number of nitrogens with two attached hydrogens (primary N) is 1. The number of benzene rings is 1. The van der Waals surface area contributed by atoms with Crippen LogP contribution in [0.3, 0.4) is 0 Å².